The number of aliphatic hydroxyl groups is 1. The van der Waals surface area contributed by atoms with Crippen LogP contribution in [0.15, 0.2) is 18.2 Å². The van der Waals surface area contributed by atoms with E-state index < -0.39 is 0 Å². The fraction of sp³-hybridized carbons (Fsp3) is 0.533. The number of hydrogen-bond donors (Lipinski definition) is 4. The van der Waals surface area contributed by atoms with Crippen molar-refractivity contribution in [2.75, 3.05) is 17.6 Å². The zero-order valence-electron chi connectivity index (χ0n) is 11.9. The third kappa shape index (κ3) is 3.63. The van der Waals surface area contributed by atoms with Crippen LogP contribution in [-0.2, 0) is 0 Å². The van der Waals surface area contributed by atoms with Gasteiger partial charge >= 0.3 is 0 Å². The van der Waals surface area contributed by atoms with Gasteiger partial charge in [-0.15, -0.1) is 0 Å². The number of carbonyl (C=O) groups excluding carboxylic acids is 1. The number of aliphatic hydroxyl groups excluding tert-OH is 1. The number of carbonyl (C=O) groups is 1. The van der Waals surface area contributed by atoms with Crippen LogP contribution < -0.4 is 16.4 Å². The Balaban J connectivity index is 2.06. The molecule has 1 amide bonds. The van der Waals surface area contributed by atoms with E-state index >= 15 is 0 Å². The summed E-state index contributed by atoms with van der Waals surface area (Å²) < 4.78 is 0. The first-order chi connectivity index (χ1) is 9.60. The Morgan fingerprint density at radius 2 is 2.05 bits per heavy atom. The third-order valence-electron chi connectivity index (χ3n) is 3.71. The first kappa shape index (κ1) is 14.7. The zero-order valence-corrected chi connectivity index (χ0v) is 11.9. The normalized spacial score (nSPS) is 22.3. The highest BCUT2D eigenvalue weighted by Crippen LogP contribution is 2.26. The summed E-state index contributed by atoms with van der Waals surface area (Å²) in [4.78, 5) is 11.8. The number of benzene rings is 1. The van der Waals surface area contributed by atoms with E-state index in [-0.39, 0.29) is 12.0 Å². The van der Waals surface area contributed by atoms with Crippen LogP contribution in [-0.4, -0.2) is 29.7 Å². The molecule has 5 heteroatoms. The lowest BCUT2D eigenvalue weighted by Crippen LogP contribution is -2.29. The topological polar surface area (TPSA) is 87.4 Å². The van der Waals surface area contributed by atoms with Gasteiger partial charge in [-0.1, -0.05) is 0 Å². The van der Waals surface area contributed by atoms with Crippen molar-refractivity contribution in [3.05, 3.63) is 23.8 Å². The van der Waals surface area contributed by atoms with Gasteiger partial charge in [0.25, 0.3) is 5.91 Å². The average Bonchev–Trinajstić information content (AvgIpc) is 2.44. The Labute approximate surface area is 119 Å². The number of hydrogen-bond acceptors (Lipinski definition) is 4. The Morgan fingerprint density at radius 3 is 2.70 bits per heavy atom. The molecular formula is C15H23N3O2. The van der Waals surface area contributed by atoms with Crippen LogP contribution in [0.25, 0.3) is 0 Å². The predicted octanol–water partition coefficient (Wildman–Crippen LogP) is 1.73. The molecule has 0 aliphatic heterocycles. The highest BCUT2D eigenvalue weighted by Gasteiger charge is 2.20. The van der Waals surface area contributed by atoms with Crippen LogP contribution in [0.4, 0.5) is 11.4 Å². The summed E-state index contributed by atoms with van der Waals surface area (Å²) in [5.41, 5.74) is 8.02. The van der Waals surface area contributed by atoms with E-state index in [0.29, 0.717) is 23.8 Å². The van der Waals surface area contributed by atoms with Crippen LogP contribution in [0.3, 0.4) is 0 Å². The number of nitrogens with one attached hydrogen (secondary N) is 2. The number of nitrogens with two attached hydrogens (primary N) is 1. The van der Waals surface area contributed by atoms with Crippen LogP contribution >= 0.6 is 0 Å². The van der Waals surface area contributed by atoms with Gasteiger partial charge in [-0.2, -0.15) is 0 Å². The molecule has 20 heavy (non-hydrogen) atoms. The van der Waals surface area contributed by atoms with Crippen molar-refractivity contribution in [2.24, 2.45) is 0 Å². The molecule has 1 saturated carbocycles. The van der Waals surface area contributed by atoms with Crippen molar-refractivity contribution in [2.45, 2.75) is 44.8 Å². The Hall–Kier alpha value is -1.75. The van der Waals surface area contributed by atoms with Crippen molar-refractivity contribution in [1.82, 2.24) is 5.32 Å². The van der Waals surface area contributed by atoms with Gasteiger partial charge in [0, 0.05) is 18.2 Å². The molecule has 1 aliphatic carbocycles. The van der Waals surface area contributed by atoms with Crippen molar-refractivity contribution < 1.29 is 9.90 Å². The second-order valence-electron chi connectivity index (χ2n) is 5.31. The minimum atomic E-state index is -0.174. The number of rotatable bonds is 4. The summed E-state index contributed by atoms with van der Waals surface area (Å²) in [6.07, 6.45) is 3.30. The van der Waals surface area contributed by atoms with Gasteiger partial charge < -0.3 is 21.5 Å². The quantitative estimate of drug-likeness (QED) is 0.631. The highest BCUT2D eigenvalue weighted by atomic mass is 16.3. The second-order valence-corrected chi connectivity index (χ2v) is 5.31. The summed E-state index contributed by atoms with van der Waals surface area (Å²) in [5, 5.41) is 15.7. The maximum atomic E-state index is 11.8. The largest absolute Gasteiger partial charge is 0.397 e. The Kier molecular flexibility index (Phi) is 4.84. The molecule has 0 heterocycles. The van der Waals surface area contributed by atoms with Crippen molar-refractivity contribution in [3.63, 3.8) is 0 Å². The average molecular weight is 277 g/mol. The molecule has 0 atom stereocenters. The van der Waals surface area contributed by atoms with E-state index in [9.17, 15) is 9.90 Å². The molecule has 5 N–H and O–H groups in total. The molecule has 0 aromatic heterocycles. The number of anilines is 2. The van der Waals surface area contributed by atoms with Gasteiger partial charge in [-0.05, 0) is 50.8 Å². The molecule has 0 saturated heterocycles. The van der Waals surface area contributed by atoms with Crippen LogP contribution in [0.5, 0.6) is 0 Å². The molecule has 5 nitrogen and oxygen atoms in total. The van der Waals surface area contributed by atoms with Crippen LogP contribution in [0.1, 0.15) is 43.0 Å². The maximum absolute atomic E-state index is 11.8. The molecule has 0 radical (unpaired) electrons. The van der Waals surface area contributed by atoms with Gasteiger partial charge in [0.1, 0.15) is 0 Å². The van der Waals surface area contributed by atoms with Crippen molar-refractivity contribution in [3.8, 4) is 0 Å². The summed E-state index contributed by atoms with van der Waals surface area (Å²) >= 11 is 0. The lowest BCUT2D eigenvalue weighted by Gasteiger charge is -2.27. The molecule has 1 aromatic rings. The smallest absolute Gasteiger partial charge is 0.251 e. The zero-order chi connectivity index (χ0) is 14.5. The predicted molar refractivity (Wildman–Crippen MR) is 80.7 cm³/mol. The van der Waals surface area contributed by atoms with E-state index in [4.69, 9.17) is 5.73 Å². The van der Waals surface area contributed by atoms with E-state index in [0.717, 1.165) is 31.4 Å². The monoisotopic (exact) mass is 277 g/mol. The van der Waals surface area contributed by atoms with E-state index in [1.54, 1.807) is 18.2 Å². The Morgan fingerprint density at radius 1 is 1.35 bits per heavy atom. The van der Waals surface area contributed by atoms with Crippen molar-refractivity contribution >= 4 is 17.3 Å². The summed E-state index contributed by atoms with van der Waals surface area (Å²) in [6.45, 7) is 2.49. The van der Waals surface area contributed by atoms with Crippen molar-refractivity contribution in [1.29, 1.82) is 0 Å². The summed E-state index contributed by atoms with van der Waals surface area (Å²) in [6, 6.07) is 5.59. The lowest BCUT2D eigenvalue weighted by molar-refractivity contribution is 0.0956. The molecule has 2 rings (SSSR count). The summed E-state index contributed by atoms with van der Waals surface area (Å²) in [7, 11) is 0. The van der Waals surface area contributed by atoms with E-state index in [2.05, 4.69) is 10.6 Å². The fourth-order valence-corrected chi connectivity index (χ4v) is 2.53. The van der Waals surface area contributed by atoms with Gasteiger partial charge in [0.2, 0.25) is 0 Å². The van der Waals surface area contributed by atoms with E-state index in [1.807, 2.05) is 6.92 Å². The van der Waals surface area contributed by atoms with Crippen LogP contribution in [0, 0.1) is 0 Å². The van der Waals surface area contributed by atoms with E-state index in [1.165, 1.54) is 0 Å². The highest BCUT2D eigenvalue weighted by molar-refractivity contribution is 5.96. The van der Waals surface area contributed by atoms with Gasteiger partial charge in [-0.3, -0.25) is 4.79 Å². The number of amides is 1. The first-order valence-corrected chi connectivity index (χ1v) is 7.22. The fourth-order valence-electron chi connectivity index (χ4n) is 2.53. The molecule has 0 spiro atoms. The SMILES string of the molecule is CCNC(=O)c1ccc(N)c(NC2CCC(O)CC2)c1. The molecule has 110 valence electrons. The molecular weight excluding hydrogens is 254 g/mol. The Bertz CT molecular complexity index is 468. The second kappa shape index (κ2) is 6.61. The maximum Gasteiger partial charge on any atom is 0.251 e. The third-order valence-corrected chi connectivity index (χ3v) is 3.71. The minimum Gasteiger partial charge on any atom is -0.397 e. The molecule has 1 aliphatic rings. The molecule has 1 aromatic carbocycles. The standard InChI is InChI=1S/C15H23N3O2/c1-2-17-15(20)10-3-8-13(16)14(9-10)18-11-4-6-12(19)7-5-11/h3,8-9,11-12,18-19H,2,4-7,16H2,1H3,(H,17,20). The minimum absolute atomic E-state index is 0.0883. The van der Waals surface area contributed by atoms with Gasteiger partial charge in [-0.25, -0.2) is 0 Å². The number of nitrogen functional groups attached to an aromatic ring is 1. The molecule has 0 bridgehead atoms. The first-order valence-electron chi connectivity index (χ1n) is 7.22. The lowest BCUT2D eigenvalue weighted by atomic mass is 9.93. The molecule has 1 fully saturated rings. The van der Waals surface area contributed by atoms with Crippen LogP contribution in [0.2, 0.25) is 0 Å². The van der Waals surface area contributed by atoms with Gasteiger partial charge in [0.05, 0.1) is 17.5 Å². The molecule has 0 unspecified atom stereocenters. The summed E-state index contributed by atoms with van der Waals surface area (Å²) in [5.74, 6) is -0.0883. The van der Waals surface area contributed by atoms with Gasteiger partial charge in [0.15, 0.2) is 0 Å².